The van der Waals surface area contributed by atoms with E-state index >= 15 is 0 Å². The molecule has 33 heavy (non-hydrogen) atoms. The third kappa shape index (κ3) is 6.27. The van der Waals surface area contributed by atoms with E-state index in [0.29, 0.717) is 34.2 Å². The van der Waals surface area contributed by atoms with Gasteiger partial charge in [-0.05, 0) is 42.3 Å². The van der Waals surface area contributed by atoms with E-state index in [2.05, 4.69) is 0 Å². The van der Waals surface area contributed by atoms with Crippen LogP contribution in [0.5, 0.6) is 11.5 Å². The molecule has 0 aliphatic carbocycles. The van der Waals surface area contributed by atoms with E-state index < -0.39 is 34.4 Å². The summed E-state index contributed by atoms with van der Waals surface area (Å²) in [6, 6.07) is 11.4. The van der Waals surface area contributed by atoms with Crippen molar-refractivity contribution in [1.82, 2.24) is 0 Å². The number of sulfone groups is 1. The average molecular weight is 494 g/mol. The maximum absolute atomic E-state index is 12.9. The fraction of sp³-hybridized carbons (Fsp3) is 0.304. The lowest BCUT2D eigenvalue weighted by atomic mass is 10.2. The van der Waals surface area contributed by atoms with Crippen LogP contribution < -0.4 is 14.4 Å². The van der Waals surface area contributed by atoms with Crippen molar-refractivity contribution in [3.8, 4) is 11.5 Å². The summed E-state index contributed by atoms with van der Waals surface area (Å²) in [5.41, 5.74) is 1.12. The Hall–Kier alpha value is -3.04. The Kier molecular flexibility index (Phi) is 7.99. The average Bonchev–Trinajstić information content (AvgIpc) is 3.15. The molecule has 3 rings (SSSR count). The van der Waals surface area contributed by atoms with Gasteiger partial charge in [0.15, 0.2) is 27.9 Å². The second-order valence-corrected chi connectivity index (χ2v) is 9.97. The predicted octanol–water partition coefficient (Wildman–Crippen LogP) is 3.13. The van der Waals surface area contributed by atoms with Gasteiger partial charge in [0.2, 0.25) is 0 Å². The van der Waals surface area contributed by atoms with Gasteiger partial charge >= 0.3 is 5.97 Å². The fourth-order valence-electron chi connectivity index (χ4n) is 3.57. The quantitative estimate of drug-likeness (QED) is 0.411. The summed E-state index contributed by atoms with van der Waals surface area (Å²) in [4.78, 5) is 26.5. The van der Waals surface area contributed by atoms with Gasteiger partial charge in [-0.3, -0.25) is 4.79 Å². The van der Waals surface area contributed by atoms with Crippen molar-refractivity contribution in [2.24, 2.45) is 0 Å². The van der Waals surface area contributed by atoms with Crippen LogP contribution in [0.25, 0.3) is 6.08 Å². The Labute approximate surface area is 197 Å². The minimum atomic E-state index is -3.21. The van der Waals surface area contributed by atoms with Gasteiger partial charge in [0.25, 0.3) is 5.91 Å². The molecule has 0 N–H and O–H groups in total. The molecular weight excluding hydrogens is 470 g/mol. The Bertz CT molecular complexity index is 1150. The number of benzene rings is 2. The van der Waals surface area contributed by atoms with E-state index in [4.69, 9.17) is 25.8 Å². The number of halogens is 1. The summed E-state index contributed by atoms with van der Waals surface area (Å²) in [7, 11) is -0.276. The molecule has 1 heterocycles. The van der Waals surface area contributed by atoms with Crippen LogP contribution in [0, 0.1) is 0 Å². The molecule has 0 bridgehead atoms. The first-order valence-corrected chi connectivity index (χ1v) is 12.3. The Morgan fingerprint density at radius 1 is 1.15 bits per heavy atom. The van der Waals surface area contributed by atoms with E-state index in [1.54, 1.807) is 42.5 Å². The highest BCUT2D eigenvalue weighted by Gasteiger charge is 2.35. The molecule has 1 saturated heterocycles. The lowest BCUT2D eigenvalue weighted by molar-refractivity contribution is -0.143. The van der Waals surface area contributed by atoms with Crippen molar-refractivity contribution in [1.29, 1.82) is 0 Å². The molecule has 0 spiro atoms. The largest absolute Gasteiger partial charge is 0.493 e. The molecule has 1 atom stereocenters. The van der Waals surface area contributed by atoms with Crippen molar-refractivity contribution in [3.63, 3.8) is 0 Å². The number of hydrogen-bond donors (Lipinski definition) is 0. The van der Waals surface area contributed by atoms with Crippen molar-refractivity contribution < 1.29 is 32.2 Å². The number of para-hydroxylation sites is 1. The number of carbonyl (C=O) groups is 2. The fourth-order valence-corrected chi connectivity index (χ4v) is 5.57. The van der Waals surface area contributed by atoms with Crippen LogP contribution in [0.3, 0.4) is 0 Å². The highest BCUT2D eigenvalue weighted by molar-refractivity contribution is 7.91. The lowest BCUT2D eigenvalue weighted by Crippen LogP contribution is -2.43. The molecular formula is C23H24ClNO7S. The van der Waals surface area contributed by atoms with Gasteiger partial charge in [0.05, 0.1) is 36.8 Å². The molecule has 10 heteroatoms. The van der Waals surface area contributed by atoms with Gasteiger partial charge in [0, 0.05) is 11.8 Å². The highest BCUT2D eigenvalue weighted by Crippen LogP contribution is 2.36. The van der Waals surface area contributed by atoms with Crippen molar-refractivity contribution in [2.75, 3.05) is 37.2 Å². The molecule has 2 aromatic carbocycles. The summed E-state index contributed by atoms with van der Waals surface area (Å²) in [6.07, 6.45) is 2.97. The van der Waals surface area contributed by atoms with E-state index in [1.807, 2.05) is 0 Å². The normalized spacial score (nSPS) is 17.0. The van der Waals surface area contributed by atoms with E-state index in [-0.39, 0.29) is 11.5 Å². The predicted molar refractivity (Wildman–Crippen MR) is 126 cm³/mol. The number of amides is 1. The molecule has 0 radical (unpaired) electrons. The van der Waals surface area contributed by atoms with Crippen molar-refractivity contribution in [2.45, 2.75) is 12.5 Å². The maximum Gasteiger partial charge on any atom is 0.331 e. The summed E-state index contributed by atoms with van der Waals surface area (Å²) >= 11 is 6.16. The zero-order valence-electron chi connectivity index (χ0n) is 18.2. The molecule has 0 saturated carbocycles. The summed E-state index contributed by atoms with van der Waals surface area (Å²) in [5.74, 6) is -0.565. The zero-order valence-corrected chi connectivity index (χ0v) is 19.8. The Morgan fingerprint density at radius 3 is 2.48 bits per heavy atom. The van der Waals surface area contributed by atoms with Gasteiger partial charge in [0.1, 0.15) is 0 Å². The maximum atomic E-state index is 12.9. The van der Waals surface area contributed by atoms with Crippen LogP contribution in [0.1, 0.15) is 12.0 Å². The van der Waals surface area contributed by atoms with Crippen molar-refractivity contribution >= 4 is 45.1 Å². The lowest BCUT2D eigenvalue weighted by Gasteiger charge is -2.28. The number of carbonyl (C=O) groups excluding carboxylic acids is 2. The van der Waals surface area contributed by atoms with Gasteiger partial charge in [-0.25, -0.2) is 13.2 Å². The number of methoxy groups -OCH3 is 2. The van der Waals surface area contributed by atoms with Gasteiger partial charge in [-0.1, -0.05) is 29.8 Å². The van der Waals surface area contributed by atoms with E-state index in [0.717, 1.165) is 6.08 Å². The molecule has 1 amide bonds. The SMILES string of the molecule is COc1cc(/C=C/C(=O)OCC(=O)N(c2ccccc2)C2CCS(=O)(=O)C2)cc(Cl)c1OC. The van der Waals surface area contributed by atoms with Gasteiger partial charge in [-0.2, -0.15) is 0 Å². The molecule has 0 aromatic heterocycles. The number of ether oxygens (including phenoxy) is 3. The molecule has 8 nitrogen and oxygen atoms in total. The van der Waals surface area contributed by atoms with Crippen LogP contribution >= 0.6 is 11.6 Å². The Balaban J connectivity index is 1.68. The Morgan fingerprint density at radius 2 is 1.88 bits per heavy atom. The van der Waals surface area contributed by atoms with Crippen LogP contribution in [0.4, 0.5) is 5.69 Å². The molecule has 1 aliphatic rings. The first-order valence-electron chi connectivity index (χ1n) is 10.1. The minimum absolute atomic E-state index is 0.0185. The summed E-state index contributed by atoms with van der Waals surface area (Å²) in [5, 5.41) is 0.310. The number of nitrogens with zero attached hydrogens (tertiary/aromatic N) is 1. The standard InChI is InChI=1S/C23H24ClNO7S/c1-30-20-13-16(12-19(24)23(20)31-2)8-9-22(27)32-14-21(26)25(17-6-4-3-5-7-17)18-10-11-33(28,29)15-18/h3-9,12-13,18H,10-11,14-15H2,1-2H3/b9-8+. The third-order valence-electron chi connectivity index (χ3n) is 5.08. The van der Waals surface area contributed by atoms with Crippen LogP contribution in [-0.4, -0.2) is 58.7 Å². The summed E-state index contributed by atoms with van der Waals surface area (Å²) in [6.45, 7) is -0.526. The number of rotatable bonds is 8. The second-order valence-electron chi connectivity index (χ2n) is 7.34. The number of hydrogen-bond acceptors (Lipinski definition) is 7. The van der Waals surface area contributed by atoms with Gasteiger partial charge < -0.3 is 19.1 Å². The van der Waals surface area contributed by atoms with Crippen LogP contribution in [0.15, 0.2) is 48.5 Å². The molecule has 1 unspecified atom stereocenters. The monoisotopic (exact) mass is 493 g/mol. The molecule has 1 fully saturated rings. The van der Waals surface area contributed by atoms with Crippen LogP contribution in [0.2, 0.25) is 5.02 Å². The summed E-state index contributed by atoms with van der Waals surface area (Å²) < 4.78 is 39.4. The van der Waals surface area contributed by atoms with E-state index in [1.165, 1.54) is 25.2 Å². The molecule has 2 aromatic rings. The topological polar surface area (TPSA) is 99.2 Å². The smallest absolute Gasteiger partial charge is 0.331 e. The molecule has 1 aliphatic heterocycles. The number of esters is 1. The first-order chi connectivity index (χ1) is 15.7. The number of anilines is 1. The minimum Gasteiger partial charge on any atom is -0.493 e. The van der Waals surface area contributed by atoms with Gasteiger partial charge in [-0.15, -0.1) is 0 Å². The van der Waals surface area contributed by atoms with Crippen molar-refractivity contribution in [3.05, 3.63) is 59.1 Å². The van der Waals surface area contributed by atoms with E-state index in [9.17, 15) is 18.0 Å². The second kappa shape index (κ2) is 10.7. The third-order valence-corrected chi connectivity index (χ3v) is 7.11. The highest BCUT2D eigenvalue weighted by atomic mass is 35.5. The van der Waals surface area contributed by atoms with Crippen LogP contribution in [-0.2, 0) is 24.2 Å². The zero-order chi connectivity index (χ0) is 24.0. The molecule has 176 valence electrons. The first kappa shape index (κ1) is 24.6.